The lowest BCUT2D eigenvalue weighted by molar-refractivity contribution is 0.608. The van der Waals surface area contributed by atoms with E-state index in [-0.39, 0.29) is 16.3 Å². The molecule has 0 aromatic heterocycles. The van der Waals surface area contributed by atoms with E-state index in [0.29, 0.717) is 0 Å². The van der Waals surface area contributed by atoms with Gasteiger partial charge in [0, 0.05) is 5.69 Å². The Morgan fingerprint density at radius 2 is 1.83 bits per heavy atom. The van der Waals surface area contributed by atoms with Crippen molar-refractivity contribution in [1.29, 1.82) is 5.26 Å². The van der Waals surface area contributed by atoms with Crippen LogP contribution in [0.2, 0.25) is 5.02 Å². The molecule has 0 aliphatic heterocycles. The number of halogens is 3. The monoisotopic (exact) mass is 354 g/mol. The van der Waals surface area contributed by atoms with Crippen molar-refractivity contribution in [2.75, 3.05) is 4.72 Å². The second-order valence-electron chi connectivity index (χ2n) is 4.41. The summed E-state index contributed by atoms with van der Waals surface area (Å²) in [6, 6.07) is 9.69. The fourth-order valence-electron chi connectivity index (χ4n) is 1.65. The highest BCUT2D eigenvalue weighted by Gasteiger charge is 2.18. The van der Waals surface area contributed by atoms with E-state index in [4.69, 9.17) is 16.9 Å². The van der Waals surface area contributed by atoms with Gasteiger partial charge in [-0.2, -0.15) is 5.26 Å². The van der Waals surface area contributed by atoms with E-state index in [1.54, 1.807) is 6.07 Å². The summed E-state index contributed by atoms with van der Waals surface area (Å²) in [4.78, 5) is -0.593. The van der Waals surface area contributed by atoms with Gasteiger partial charge in [-0.05, 0) is 48.0 Å². The van der Waals surface area contributed by atoms with Crippen LogP contribution in [0.1, 0.15) is 5.56 Å². The van der Waals surface area contributed by atoms with E-state index in [0.717, 1.165) is 24.3 Å². The molecule has 0 saturated carbocycles. The SMILES string of the molecule is N#C/C(=C/c1ccc(F)c(Cl)c1)S(=O)(=O)Nc1ccc(F)cc1. The van der Waals surface area contributed by atoms with Gasteiger partial charge >= 0.3 is 0 Å². The van der Waals surface area contributed by atoms with Crippen molar-refractivity contribution in [3.8, 4) is 6.07 Å². The molecule has 0 spiro atoms. The second-order valence-corrected chi connectivity index (χ2v) is 6.46. The largest absolute Gasteiger partial charge is 0.279 e. The minimum atomic E-state index is -4.17. The molecule has 8 heteroatoms. The lowest BCUT2D eigenvalue weighted by Crippen LogP contribution is -2.14. The Morgan fingerprint density at radius 3 is 2.39 bits per heavy atom. The molecule has 0 radical (unpaired) electrons. The van der Waals surface area contributed by atoms with Gasteiger partial charge in [0.05, 0.1) is 5.02 Å². The molecule has 0 atom stereocenters. The molecule has 23 heavy (non-hydrogen) atoms. The van der Waals surface area contributed by atoms with Crippen molar-refractivity contribution in [2.45, 2.75) is 0 Å². The zero-order chi connectivity index (χ0) is 17.0. The minimum absolute atomic E-state index is 0.102. The molecule has 4 nitrogen and oxygen atoms in total. The number of benzene rings is 2. The minimum Gasteiger partial charge on any atom is -0.279 e. The van der Waals surface area contributed by atoms with Gasteiger partial charge in [0.1, 0.15) is 17.7 Å². The van der Waals surface area contributed by atoms with Crippen molar-refractivity contribution in [1.82, 2.24) is 0 Å². The Hall–Kier alpha value is -2.43. The molecule has 0 aliphatic carbocycles. The van der Waals surface area contributed by atoms with E-state index >= 15 is 0 Å². The van der Waals surface area contributed by atoms with Gasteiger partial charge in [-0.15, -0.1) is 0 Å². The summed E-state index contributed by atoms with van der Waals surface area (Å²) in [5, 5.41) is 8.87. The van der Waals surface area contributed by atoms with E-state index in [2.05, 4.69) is 4.72 Å². The average Bonchev–Trinajstić information content (AvgIpc) is 2.50. The molecule has 0 heterocycles. The zero-order valence-electron chi connectivity index (χ0n) is 11.4. The Labute approximate surface area is 136 Å². The van der Waals surface area contributed by atoms with E-state index in [9.17, 15) is 17.2 Å². The average molecular weight is 355 g/mol. The molecule has 118 valence electrons. The van der Waals surface area contributed by atoms with Gasteiger partial charge in [0.2, 0.25) is 0 Å². The first-order valence-electron chi connectivity index (χ1n) is 6.17. The first kappa shape index (κ1) is 16.9. The molecule has 0 amide bonds. The van der Waals surface area contributed by atoms with Crippen LogP contribution in [-0.2, 0) is 10.0 Å². The number of anilines is 1. The molecule has 0 fully saturated rings. The van der Waals surface area contributed by atoms with Crippen LogP contribution in [0.5, 0.6) is 0 Å². The molecule has 0 aliphatic rings. The molecule has 0 bridgehead atoms. The topological polar surface area (TPSA) is 70.0 Å². The van der Waals surface area contributed by atoms with Crippen LogP contribution in [0.3, 0.4) is 0 Å². The van der Waals surface area contributed by atoms with E-state index in [1.807, 2.05) is 0 Å². The van der Waals surface area contributed by atoms with Crippen molar-refractivity contribution < 1.29 is 17.2 Å². The highest BCUT2D eigenvalue weighted by Crippen LogP contribution is 2.20. The molecule has 2 aromatic rings. The maximum absolute atomic E-state index is 13.1. The summed E-state index contributed by atoms with van der Waals surface area (Å²) in [6.45, 7) is 0. The molecular formula is C15H9ClF2N2O2S. The van der Waals surface area contributed by atoms with E-state index in [1.165, 1.54) is 24.3 Å². The number of nitrogens with one attached hydrogen (secondary N) is 1. The van der Waals surface area contributed by atoms with Crippen molar-refractivity contribution >= 4 is 33.4 Å². The van der Waals surface area contributed by atoms with Crippen LogP contribution in [0.15, 0.2) is 47.4 Å². The maximum Gasteiger partial charge on any atom is 0.272 e. The predicted octanol–water partition coefficient (Wildman–Crippen LogP) is 3.92. The molecule has 2 rings (SSSR count). The maximum atomic E-state index is 13.1. The van der Waals surface area contributed by atoms with Gasteiger partial charge in [-0.25, -0.2) is 17.2 Å². The Balaban J connectivity index is 2.34. The number of nitriles is 1. The first-order chi connectivity index (χ1) is 10.8. The third-order valence-corrected chi connectivity index (χ3v) is 4.32. The highest BCUT2D eigenvalue weighted by atomic mass is 35.5. The van der Waals surface area contributed by atoms with Gasteiger partial charge in [-0.3, -0.25) is 4.72 Å². The molecule has 0 saturated heterocycles. The molecule has 2 aromatic carbocycles. The Kier molecular flexibility index (Phi) is 4.98. The Bertz CT molecular complexity index is 904. The summed E-state index contributed by atoms with van der Waals surface area (Å²) < 4.78 is 52.4. The van der Waals surface area contributed by atoms with Crippen molar-refractivity contribution in [2.24, 2.45) is 0 Å². The van der Waals surface area contributed by atoms with Gasteiger partial charge in [-0.1, -0.05) is 17.7 Å². The van der Waals surface area contributed by atoms with Gasteiger partial charge in [0.25, 0.3) is 10.0 Å². The standard InChI is InChI=1S/C15H9ClF2N2O2S/c16-14-8-10(1-6-15(14)18)7-13(9-19)23(21,22)20-12-4-2-11(17)3-5-12/h1-8,20H/b13-7-. The first-order valence-corrected chi connectivity index (χ1v) is 8.03. The number of hydrogen-bond acceptors (Lipinski definition) is 3. The summed E-state index contributed by atoms with van der Waals surface area (Å²) >= 11 is 5.61. The van der Waals surface area contributed by atoms with Gasteiger partial charge < -0.3 is 0 Å². The van der Waals surface area contributed by atoms with Crippen molar-refractivity contribution in [3.05, 3.63) is 69.6 Å². The number of sulfonamides is 1. The fraction of sp³-hybridized carbons (Fsp3) is 0. The number of rotatable bonds is 4. The molecule has 1 N–H and O–H groups in total. The quantitative estimate of drug-likeness (QED) is 0.846. The highest BCUT2D eigenvalue weighted by molar-refractivity contribution is 7.96. The van der Waals surface area contributed by atoms with E-state index < -0.39 is 26.6 Å². The third kappa shape index (κ3) is 4.28. The second kappa shape index (κ2) is 6.77. The lowest BCUT2D eigenvalue weighted by Gasteiger charge is -2.07. The summed E-state index contributed by atoms with van der Waals surface area (Å²) in [5.74, 6) is -1.18. The van der Waals surface area contributed by atoms with Crippen LogP contribution < -0.4 is 4.72 Å². The van der Waals surface area contributed by atoms with Crippen LogP contribution in [0.25, 0.3) is 6.08 Å². The molecular weight excluding hydrogens is 346 g/mol. The van der Waals surface area contributed by atoms with Crippen LogP contribution in [0, 0.1) is 23.0 Å². The third-order valence-electron chi connectivity index (χ3n) is 2.74. The van der Waals surface area contributed by atoms with Gasteiger partial charge in [0.15, 0.2) is 4.91 Å². The van der Waals surface area contributed by atoms with Crippen LogP contribution >= 0.6 is 11.6 Å². The Morgan fingerprint density at radius 1 is 1.17 bits per heavy atom. The predicted molar refractivity (Wildman–Crippen MR) is 83.9 cm³/mol. The summed E-state index contributed by atoms with van der Waals surface area (Å²) in [6.07, 6.45) is 1.05. The normalized spacial score (nSPS) is 11.8. The summed E-state index contributed by atoms with van der Waals surface area (Å²) in [5.41, 5.74) is 0.349. The lowest BCUT2D eigenvalue weighted by atomic mass is 10.2. The van der Waals surface area contributed by atoms with Crippen LogP contribution in [-0.4, -0.2) is 8.42 Å². The number of allylic oxidation sites excluding steroid dienone is 1. The van der Waals surface area contributed by atoms with Crippen molar-refractivity contribution in [3.63, 3.8) is 0 Å². The fourth-order valence-corrected chi connectivity index (χ4v) is 2.81. The number of nitrogens with zero attached hydrogens (tertiary/aromatic N) is 1. The van der Waals surface area contributed by atoms with Crippen LogP contribution in [0.4, 0.5) is 14.5 Å². The molecule has 0 unspecified atom stereocenters. The summed E-state index contributed by atoms with van der Waals surface area (Å²) in [7, 11) is -4.17. The smallest absolute Gasteiger partial charge is 0.272 e. The number of hydrogen-bond donors (Lipinski definition) is 1. The zero-order valence-corrected chi connectivity index (χ0v) is 13.0.